The van der Waals surface area contributed by atoms with Crippen LogP contribution in [-0.4, -0.2) is 21.3 Å². The van der Waals surface area contributed by atoms with Crippen LogP contribution in [0, 0.1) is 0 Å². The fourth-order valence-electron chi connectivity index (χ4n) is 2.88. The van der Waals surface area contributed by atoms with E-state index >= 15 is 0 Å². The molecule has 0 saturated heterocycles. The van der Waals surface area contributed by atoms with Crippen LogP contribution < -0.4 is 10.1 Å². The molecule has 1 N–H and O–H groups in total. The molecule has 25 heavy (non-hydrogen) atoms. The van der Waals surface area contributed by atoms with Gasteiger partial charge in [0.15, 0.2) is 12.4 Å². The molecule has 0 unspecified atom stereocenters. The summed E-state index contributed by atoms with van der Waals surface area (Å²) in [4.78, 5) is 8.32. The van der Waals surface area contributed by atoms with Crippen LogP contribution in [-0.2, 0) is 6.18 Å². The molecular formula is C17H15F3N4O. The Labute approximate surface area is 141 Å². The summed E-state index contributed by atoms with van der Waals surface area (Å²) in [5, 5.41) is 3.06. The van der Waals surface area contributed by atoms with Crippen LogP contribution in [0.2, 0.25) is 0 Å². The van der Waals surface area contributed by atoms with Crippen molar-refractivity contribution >= 4 is 16.9 Å². The Bertz CT molecular complexity index is 962. The molecule has 4 rings (SSSR count). The van der Waals surface area contributed by atoms with Crippen LogP contribution in [0.15, 0.2) is 30.3 Å². The minimum atomic E-state index is -4.51. The lowest BCUT2D eigenvalue weighted by atomic mass is 10.2. The molecule has 0 saturated carbocycles. The van der Waals surface area contributed by atoms with Gasteiger partial charge < -0.3 is 10.1 Å². The average Bonchev–Trinajstić information content (AvgIpc) is 3.16. The van der Waals surface area contributed by atoms with Crippen LogP contribution in [0.5, 0.6) is 5.75 Å². The number of hydrogen-bond acceptors (Lipinski definition) is 4. The molecule has 8 heteroatoms. The number of rotatable bonds is 2. The first-order valence-electron chi connectivity index (χ1n) is 7.82. The zero-order valence-electron chi connectivity index (χ0n) is 13.6. The smallest absolute Gasteiger partial charge is 0.433 e. The molecule has 1 aliphatic heterocycles. The lowest BCUT2D eigenvalue weighted by molar-refractivity contribution is -0.141. The van der Waals surface area contributed by atoms with Crippen LogP contribution in [0.1, 0.15) is 31.3 Å². The fraction of sp³-hybridized carbons (Fsp3) is 0.294. The summed E-state index contributed by atoms with van der Waals surface area (Å²) in [6, 6.07) is 7.75. The Kier molecular flexibility index (Phi) is 3.38. The first-order chi connectivity index (χ1) is 11.8. The van der Waals surface area contributed by atoms with E-state index in [4.69, 9.17) is 4.74 Å². The molecule has 0 aliphatic carbocycles. The van der Waals surface area contributed by atoms with Crippen LogP contribution in [0.25, 0.3) is 16.9 Å². The molecule has 5 nitrogen and oxygen atoms in total. The zero-order chi connectivity index (χ0) is 17.8. The lowest BCUT2D eigenvalue weighted by Gasteiger charge is -2.12. The van der Waals surface area contributed by atoms with E-state index in [9.17, 15) is 13.2 Å². The van der Waals surface area contributed by atoms with Gasteiger partial charge in [-0.1, -0.05) is 13.8 Å². The second kappa shape index (κ2) is 5.37. The highest BCUT2D eigenvalue weighted by atomic mass is 19.4. The number of aromatic nitrogens is 3. The number of benzene rings is 1. The number of anilines is 1. The van der Waals surface area contributed by atoms with Crippen molar-refractivity contribution in [2.45, 2.75) is 25.9 Å². The molecule has 0 atom stereocenters. The Morgan fingerprint density at radius 2 is 1.96 bits per heavy atom. The number of alkyl halides is 3. The molecule has 0 spiro atoms. The van der Waals surface area contributed by atoms with Gasteiger partial charge in [0, 0.05) is 12.0 Å². The Balaban J connectivity index is 1.98. The van der Waals surface area contributed by atoms with Gasteiger partial charge in [0.2, 0.25) is 0 Å². The molecule has 3 aromatic rings. The normalized spacial score (nSPS) is 13.8. The second-order valence-corrected chi connectivity index (χ2v) is 6.14. The highest BCUT2D eigenvalue weighted by molar-refractivity contribution is 5.75. The molecule has 2 aromatic heterocycles. The summed E-state index contributed by atoms with van der Waals surface area (Å²) >= 11 is 0. The number of halogens is 3. The molecular weight excluding hydrogens is 333 g/mol. The summed E-state index contributed by atoms with van der Waals surface area (Å²) in [6.07, 6.45) is -4.51. The van der Waals surface area contributed by atoms with Gasteiger partial charge in [0.1, 0.15) is 22.8 Å². The third kappa shape index (κ3) is 2.57. The lowest BCUT2D eigenvalue weighted by Crippen LogP contribution is -2.09. The largest absolute Gasteiger partial charge is 0.471 e. The van der Waals surface area contributed by atoms with Crippen LogP contribution in [0.4, 0.5) is 18.9 Å². The number of nitrogens with zero attached hydrogens (tertiary/aromatic N) is 3. The molecule has 3 heterocycles. The van der Waals surface area contributed by atoms with E-state index in [1.54, 1.807) is 10.6 Å². The highest BCUT2D eigenvalue weighted by Gasteiger charge is 2.33. The van der Waals surface area contributed by atoms with Crippen LogP contribution >= 0.6 is 0 Å². The van der Waals surface area contributed by atoms with E-state index in [0.29, 0.717) is 29.5 Å². The average molecular weight is 348 g/mol. The van der Waals surface area contributed by atoms with Crippen molar-refractivity contribution in [2.75, 3.05) is 12.0 Å². The summed E-state index contributed by atoms with van der Waals surface area (Å²) in [5.41, 5.74) is 1.19. The van der Waals surface area contributed by atoms with E-state index in [1.165, 1.54) is 6.07 Å². The summed E-state index contributed by atoms with van der Waals surface area (Å²) in [5.74, 6) is 1.31. The number of nitrogens with one attached hydrogen (secondary N) is 1. The molecule has 0 fully saturated rings. The van der Waals surface area contributed by atoms with E-state index in [1.807, 2.05) is 26.0 Å². The third-order valence-electron chi connectivity index (χ3n) is 4.05. The first kappa shape index (κ1) is 15.7. The minimum absolute atomic E-state index is 0.0100. The van der Waals surface area contributed by atoms with Gasteiger partial charge in [0.05, 0.1) is 11.4 Å². The molecule has 1 aliphatic rings. The van der Waals surface area contributed by atoms with Crippen molar-refractivity contribution in [3.63, 3.8) is 0 Å². The van der Waals surface area contributed by atoms with Gasteiger partial charge in [-0.15, -0.1) is 0 Å². The molecule has 130 valence electrons. The summed E-state index contributed by atoms with van der Waals surface area (Å²) < 4.78 is 46.4. The van der Waals surface area contributed by atoms with E-state index in [0.717, 1.165) is 11.8 Å². The van der Waals surface area contributed by atoms with Crippen molar-refractivity contribution in [1.82, 2.24) is 14.5 Å². The number of fused-ring (bicyclic) bond motifs is 2. The van der Waals surface area contributed by atoms with E-state index in [-0.39, 0.29) is 11.6 Å². The van der Waals surface area contributed by atoms with Crippen molar-refractivity contribution in [3.8, 4) is 11.4 Å². The predicted molar refractivity (Wildman–Crippen MR) is 87.1 cm³/mol. The fourth-order valence-corrected chi connectivity index (χ4v) is 2.88. The number of ether oxygens (including phenoxy) is 1. The van der Waals surface area contributed by atoms with Gasteiger partial charge in [-0.3, -0.25) is 4.57 Å². The maximum absolute atomic E-state index is 13.1. The van der Waals surface area contributed by atoms with Gasteiger partial charge >= 0.3 is 6.18 Å². The van der Waals surface area contributed by atoms with Crippen molar-refractivity contribution in [3.05, 3.63) is 41.9 Å². The van der Waals surface area contributed by atoms with Crippen LogP contribution in [0.3, 0.4) is 0 Å². The Morgan fingerprint density at radius 3 is 2.68 bits per heavy atom. The van der Waals surface area contributed by atoms with E-state index in [2.05, 4.69) is 15.3 Å². The predicted octanol–water partition coefficient (Wildman–Crippen LogP) is 4.32. The quantitative estimate of drug-likeness (QED) is 0.749. The number of hydrogen-bond donors (Lipinski definition) is 1. The zero-order valence-corrected chi connectivity index (χ0v) is 13.6. The molecule has 1 aromatic carbocycles. The first-order valence-corrected chi connectivity index (χ1v) is 7.82. The summed E-state index contributed by atoms with van der Waals surface area (Å²) in [7, 11) is 0. The third-order valence-corrected chi connectivity index (χ3v) is 4.05. The van der Waals surface area contributed by atoms with Crippen molar-refractivity contribution in [2.24, 2.45) is 0 Å². The summed E-state index contributed by atoms with van der Waals surface area (Å²) in [6.45, 7) is 4.25. The Hall–Kier alpha value is -2.77. The monoisotopic (exact) mass is 348 g/mol. The van der Waals surface area contributed by atoms with Crippen molar-refractivity contribution in [1.29, 1.82) is 0 Å². The highest BCUT2D eigenvalue weighted by Crippen LogP contribution is 2.35. The molecule has 0 amide bonds. The maximum Gasteiger partial charge on any atom is 0.433 e. The molecule has 0 bridgehead atoms. The standard InChI is InChI=1S/C17H15F3N4O/c1-9(2)15-22-12-5-6-14(17(18,19)20)23-16(12)24(15)10-3-4-11-13(7-10)25-8-21-11/h3-7,9,21H,8H2,1-2H3. The SMILES string of the molecule is CC(C)c1nc2ccc(C(F)(F)F)nc2n1-c1ccc2c(c1)OCN2. The maximum atomic E-state index is 13.1. The molecule has 0 radical (unpaired) electrons. The van der Waals surface area contributed by atoms with Gasteiger partial charge in [0.25, 0.3) is 0 Å². The number of imidazole rings is 1. The van der Waals surface area contributed by atoms with Gasteiger partial charge in [-0.05, 0) is 24.3 Å². The Morgan fingerprint density at radius 1 is 1.16 bits per heavy atom. The van der Waals surface area contributed by atoms with Gasteiger partial charge in [-0.2, -0.15) is 13.2 Å². The second-order valence-electron chi connectivity index (χ2n) is 6.14. The van der Waals surface area contributed by atoms with Gasteiger partial charge in [-0.25, -0.2) is 9.97 Å². The minimum Gasteiger partial charge on any atom is -0.471 e. The topological polar surface area (TPSA) is 52.0 Å². The van der Waals surface area contributed by atoms with Crippen molar-refractivity contribution < 1.29 is 17.9 Å². The number of pyridine rings is 1. The van der Waals surface area contributed by atoms with E-state index < -0.39 is 11.9 Å².